The van der Waals surface area contributed by atoms with Crippen molar-refractivity contribution in [1.82, 2.24) is 10.3 Å². The molecule has 0 aliphatic rings. The highest BCUT2D eigenvalue weighted by Gasteiger charge is 2.14. The lowest BCUT2D eigenvalue weighted by molar-refractivity contribution is 0.249. The first-order chi connectivity index (χ1) is 12.0. The molecule has 1 heterocycles. The van der Waals surface area contributed by atoms with Gasteiger partial charge in [0.1, 0.15) is 5.82 Å². The van der Waals surface area contributed by atoms with Crippen LogP contribution in [0.25, 0.3) is 10.8 Å². The molecule has 0 unspecified atom stereocenters. The van der Waals surface area contributed by atoms with Crippen LogP contribution in [0, 0.1) is 5.82 Å². The van der Waals surface area contributed by atoms with E-state index in [0.29, 0.717) is 11.1 Å². The van der Waals surface area contributed by atoms with Gasteiger partial charge in [-0.1, -0.05) is 29.8 Å². The van der Waals surface area contributed by atoms with E-state index in [9.17, 15) is 14.0 Å². The van der Waals surface area contributed by atoms with E-state index in [2.05, 4.69) is 15.6 Å². The first-order valence-corrected chi connectivity index (χ1v) is 7.96. The summed E-state index contributed by atoms with van der Waals surface area (Å²) in [7, 11) is 0. The van der Waals surface area contributed by atoms with Crippen molar-refractivity contribution >= 4 is 34.1 Å². The summed E-state index contributed by atoms with van der Waals surface area (Å²) < 4.78 is 13.2. The highest BCUT2D eigenvalue weighted by molar-refractivity contribution is 6.31. The van der Waals surface area contributed by atoms with Gasteiger partial charge in [-0.25, -0.2) is 9.18 Å². The zero-order valence-electron chi connectivity index (χ0n) is 13.3. The Morgan fingerprint density at radius 1 is 1.20 bits per heavy atom. The van der Waals surface area contributed by atoms with Crippen molar-refractivity contribution in [3.05, 3.63) is 75.4 Å². The minimum atomic E-state index is -0.555. The van der Waals surface area contributed by atoms with E-state index in [1.807, 2.05) is 12.1 Å². The molecule has 0 saturated carbocycles. The van der Waals surface area contributed by atoms with Gasteiger partial charge in [0.15, 0.2) is 0 Å². The number of aromatic amines is 1. The fourth-order valence-electron chi connectivity index (χ4n) is 2.61. The van der Waals surface area contributed by atoms with Crippen molar-refractivity contribution in [2.45, 2.75) is 13.0 Å². The minimum Gasteiger partial charge on any atom is -0.331 e. The summed E-state index contributed by atoms with van der Waals surface area (Å²) in [5.74, 6) is -0.555. The summed E-state index contributed by atoms with van der Waals surface area (Å²) in [5.41, 5.74) is 0.974. The third kappa shape index (κ3) is 3.64. The Labute approximate surface area is 147 Å². The van der Waals surface area contributed by atoms with Crippen molar-refractivity contribution in [1.29, 1.82) is 0 Å². The standard InChI is InChI=1S/C18H15ClFN3O2/c1-10(14-9-21-17(24)13-5-3-2-4-12(13)14)22-18(25)23-11-6-7-16(20)15(19)8-11/h2-10H,1H3,(H,21,24)(H2,22,23,25)/t10-/m1/s1. The van der Waals surface area contributed by atoms with Gasteiger partial charge in [0.2, 0.25) is 0 Å². The van der Waals surface area contributed by atoms with Gasteiger partial charge in [-0.2, -0.15) is 0 Å². The number of benzene rings is 2. The summed E-state index contributed by atoms with van der Waals surface area (Å²) >= 11 is 5.70. The van der Waals surface area contributed by atoms with E-state index < -0.39 is 11.8 Å². The minimum absolute atomic E-state index is 0.0718. The molecule has 3 rings (SSSR count). The average Bonchev–Trinajstić information content (AvgIpc) is 2.58. The van der Waals surface area contributed by atoms with Crippen LogP contribution >= 0.6 is 11.6 Å². The zero-order chi connectivity index (χ0) is 18.0. The Morgan fingerprint density at radius 3 is 2.64 bits per heavy atom. The van der Waals surface area contributed by atoms with Crippen LogP contribution in [0.2, 0.25) is 5.02 Å². The number of aromatic nitrogens is 1. The van der Waals surface area contributed by atoms with Crippen molar-refractivity contribution in [3.8, 4) is 0 Å². The monoisotopic (exact) mass is 359 g/mol. The Balaban J connectivity index is 1.79. The molecule has 3 aromatic rings. The second-order valence-electron chi connectivity index (χ2n) is 5.57. The number of rotatable bonds is 3. The smallest absolute Gasteiger partial charge is 0.319 e. The predicted octanol–water partition coefficient (Wildman–Crippen LogP) is 4.20. The highest BCUT2D eigenvalue weighted by atomic mass is 35.5. The Morgan fingerprint density at radius 2 is 1.92 bits per heavy atom. The molecule has 2 amide bonds. The SMILES string of the molecule is C[C@@H](NC(=O)Nc1ccc(F)c(Cl)c1)c1c[nH]c(=O)c2ccccc12. The molecule has 0 aliphatic heterocycles. The average molecular weight is 360 g/mol. The third-order valence-corrected chi connectivity index (χ3v) is 4.12. The molecule has 0 saturated heterocycles. The predicted molar refractivity (Wildman–Crippen MR) is 96.5 cm³/mol. The topological polar surface area (TPSA) is 74.0 Å². The van der Waals surface area contributed by atoms with Crippen LogP contribution in [0.15, 0.2) is 53.5 Å². The molecule has 2 aromatic carbocycles. The second-order valence-corrected chi connectivity index (χ2v) is 5.97. The number of pyridine rings is 1. The van der Waals surface area contributed by atoms with Gasteiger partial charge in [0.25, 0.3) is 5.56 Å². The van der Waals surface area contributed by atoms with E-state index in [1.54, 1.807) is 25.3 Å². The van der Waals surface area contributed by atoms with Crippen LogP contribution in [0.5, 0.6) is 0 Å². The van der Waals surface area contributed by atoms with Crippen molar-refractivity contribution < 1.29 is 9.18 Å². The fraction of sp³-hybridized carbons (Fsp3) is 0.111. The molecular weight excluding hydrogens is 345 g/mol. The lowest BCUT2D eigenvalue weighted by Crippen LogP contribution is -2.31. The Hall–Kier alpha value is -2.86. The summed E-state index contributed by atoms with van der Waals surface area (Å²) in [6, 6.07) is 10.3. The molecule has 7 heteroatoms. The van der Waals surface area contributed by atoms with Gasteiger partial charge in [-0.05, 0) is 42.1 Å². The zero-order valence-corrected chi connectivity index (χ0v) is 14.0. The molecule has 0 aliphatic carbocycles. The molecule has 3 N–H and O–H groups in total. The first kappa shape index (κ1) is 17.0. The number of hydrogen-bond donors (Lipinski definition) is 3. The van der Waals surface area contributed by atoms with Crippen LogP contribution in [-0.2, 0) is 0 Å². The largest absolute Gasteiger partial charge is 0.331 e. The van der Waals surface area contributed by atoms with Crippen LogP contribution in [0.4, 0.5) is 14.9 Å². The van der Waals surface area contributed by atoms with Gasteiger partial charge < -0.3 is 15.6 Å². The lowest BCUT2D eigenvalue weighted by Gasteiger charge is -2.17. The molecule has 5 nitrogen and oxygen atoms in total. The number of halogens is 2. The normalized spacial score (nSPS) is 12.0. The number of carbonyl (C=O) groups is 1. The van der Waals surface area contributed by atoms with Crippen molar-refractivity contribution in [3.63, 3.8) is 0 Å². The molecule has 0 radical (unpaired) electrons. The van der Waals surface area contributed by atoms with Gasteiger partial charge in [-0.3, -0.25) is 4.79 Å². The van der Waals surface area contributed by atoms with Crippen LogP contribution in [0.1, 0.15) is 18.5 Å². The Bertz CT molecular complexity index is 1000. The molecular formula is C18H15ClFN3O2. The summed E-state index contributed by atoms with van der Waals surface area (Å²) in [5, 5.41) is 6.63. The number of anilines is 1. The number of H-pyrrole nitrogens is 1. The van der Waals surface area contributed by atoms with Gasteiger partial charge in [0, 0.05) is 17.3 Å². The molecule has 1 atom stereocenters. The van der Waals surface area contributed by atoms with Crippen molar-refractivity contribution in [2.24, 2.45) is 0 Å². The third-order valence-electron chi connectivity index (χ3n) is 3.83. The molecule has 1 aromatic heterocycles. The van der Waals surface area contributed by atoms with Crippen LogP contribution in [-0.4, -0.2) is 11.0 Å². The lowest BCUT2D eigenvalue weighted by atomic mass is 10.0. The van der Waals surface area contributed by atoms with Crippen LogP contribution in [0.3, 0.4) is 0 Å². The number of hydrogen-bond acceptors (Lipinski definition) is 2. The van der Waals surface area contributed by atoms with Gasteiger partial charge in [0.05, 0.1) is 11.1 Å². The quantitative estimate of drug-likeness (QED) is 0.655. The first-order valence-electron chi connectivity index (χ1n) is 7.58. The maximum absolute atomic E-state index is 13.2. The number of carbonyl (C=O) groups excluding carboxylic acids is 1. The van der Waals surface area contributed by atoms with Gasteiger partial charge in [-0.15, -0.1) is 0 Å². The maximum atomic E-state index is 13.2. The molecule has 128 valence electrons. The van der Waals surface area contributed by atoms with Crippen LogP contribution < -0.4 is 16.2 Å². The molecule has 0 bridgehead atoms. The summed E-state index contributed by atoms with van der Waals surface area (Å²) in [4.78, 5) is 26.7. The van der Waals surface area contributed by atoms with Crippen molar-refractivity contribution in [2.75, 3.05) is 5.32 Å². The number of nitrogens with one attached hydrogen (secondary N) is 3. The number of fused-ring (bicyclic) bond motifs is 1. The fourth-order valence-corrected chi connectivity index (χ4v) is 2.79. The summed E-state index contributed by atoms with van der Waals surface area (Å²) in [6.07, 6.45) is 1.59. The molecule has 0 spiro atoms. The van der Waals surface area contributed by atoms with Gasteiger partial charge >= 0.3 is 6.03 Å². The van der Waals surface area contributed by atoms with E-state index in [1.165, 1.54) is 18.2 Å². The summed E-state index contributed by atoms with van der Waals surface area (Å²) in [6.45, 7) is 1.80. The number of amides is 2. The molecule has 0 fully saturated rings. The highest BCUT2D eigenvalue weighted by Crippen LogP contribution is 2.22. The number of urea groups is 1. The van der Waals surface area contributed by atoms with E-state index in [0.717, 1.165) is 10.9 Å². The second kappa shape index (κ2) is 6.94. The Kier molecular flexibility index (Phi) is 4.72. The van der Waals surface area contributed by atoms with E-state index >= 15 is 0 Å². The molecule has 25 heavy (non-hydrogen) atoms. The maximum Gasteiger partial charge on any atom is 0.319 e. The van der Waals surface area contributed by atoms with E-state index in [-0.39, 0.29) is 16.6 Å². The van der Waals surface area contributed by atoms with E-state index in [4.69, 9.17) is 11.6 Å².